The molecule has 0 unspecified atom stereocenters. The number of sulfone groups is 1. The molecule has 0 amide bonds. The molecule has 1 aromatic heterocycles. The van der Waals surface area contributed by atoms with E-state index in [1.54, 1.807) is 6.20 Å². The maximum absolute atomic E-state index is 11.6. The van der Waals surface area contributed by atoms with E-state index in [4.69, 9.17) is 0 Å². The summed E-state index contributed by atoms with van der Waals surface area (Å²) in [4.78, 5) is 6.29. The Hall–Kier alpha value is -1.14. The van der Waals surface area contributed by atoms with Gasteiger partial charge in [0.1, 0.15) is 0 Å². The van der Waals surface area contributed by atoms with Gasteiger partial charge in [-0.2, -0.15) is 0 Å². The number of hydrogen-bond donors (Lipinski definition) is 1. The molecule has 0 radical (unpaired) electrons. The summed E-state index contributed by atoms with van der Waals surface area (Å²) in [5, 5.41) is 9.69. The summed E-state index contributed by atoms with van der Waals surface area (Å²) in [5.74, 6) is 0.468. The van der Waals surface area contributed by atoms with Crippen molar-refractivity contribution in [3.05, 3.63) is 24.0 Å². The van der Waals surface area contributed by atoms with Gasteiger partial charge in [-0.3, -0.25) is 4.98 Å². The second-order valence-corrected chi connectivity index (χ2v) is 7.16. The molecule has 1 atom stereocenters. The number of pyridine rings is 1. The standard InChI is InChI=1S/C13H20N2O3S/c1-2-13(16)12-5-4-11(10-14-12)15-6-3-8-19(17,18)9-7-15/h4-5,10,13,16H,2-3,6-9H2,1H3/t13-/m0/s1. The fourth-order valence-electron chi connectivity index (χ4n) is 2.19. The molecule has 1 fully saturated rings. The largest absolute Gasteiger partial charge is 0.387 e. The van der Waals surface area contributed by atoms with Gasteiger partial charge in [0.25, 0.3) is 0 Å². The van der Waals surface area contributed by atoms with Crippen LogP contribution in [0.4, 0.5) is 5.69 Å². The van der Waals surface area contributed by atoms with Crippen molar-refractivity contribution in [2.45, 2.75) is 25.9 Å². The Labute approximate surface area is 114 Å². The van der Waals surface area contributed by atoms with Gasteiger partial charge in [-0.15, -0.1) is 0 Å². The lowest BCUT2D eigenvalue weighted by Gasteiger charge is -2.22. The second kappa shape index (κ2) is 5.88. The van der Waals surface area contributed by atoms with Gasteiger partial charge in [0, 0.05) is 13.1 Å². The van der Waals surface area contributed by atoms with E-state index < -0.39 is 15.9 Å². The van der Waals surface area contributed by atoms with Crippen LogP contribution in [-0.4, -0.2) is 43.1 Å². The van der Waals surface area contributed by atoms with Gasteiger partial charge >= 0.3 is 0 Å². The van der Waals surface area contributed by atoms with Crippen molar-refractivity contribution < 1.29 is 13.5 Å². The van der Waals surface area contributed by atoms with E-state index in [-0.39, 0.29) is 11.5 Å². The number of rotatable bonds is 3. The smallest absolute Gasteiger partial charge is 0.152 e. The first kappa shape index (κ1) is 14.3. The van der Waals surface area contributed by atoms with Crippen LogP contribution in [0.1, 0.15) is 31.6 Å². The molecule has 1 N–H and O–H groups in total. The SMILES string of the molecule is CC[C@H](O)c1ccc(N2CCCS(=O)(=O)CC2)cn1. The van der Waals surface area contributed by atoms with Gasteiger partial charge in [-0.05, 0) is 25.0 Å². The highest BCUT2D eigenvalue weighted by atomic mass is 32.2. The van der Waals surface area contributed by atoms with E-state index in [0.29, 0.717) is 25.1 Å². The van der Waals surface area contributed by atoms with Crippen LogP contribution in [-0.2, 0) is 9.84 Å². The minimum Gasteiger partial charge on any atom is -0.387 e. The van der Waals surface area contributed by atoms with Crippen molar-refractivity contribution in [2.75, 3.05) is 29.5 Å². The van der Waals surface area contributed by atoms with Crippen LogP contribution < -0.4 is 4.90 Å². The molecule has 1 aromatic rings. The molecule has 5 nitrogen and oxygen atoms in total. The Morgan fingerprint density at radius 1 is 1.37 bits per heavy atom. The molecule has 1 aliphatic rings. The highest BCUT2D eigenvalue weighted by Gasteiger charge is 2.19. The Bertz CT molecular complexity index is 513. The van der Waals surface area contributed by atoms with Crippen molar-refractivity contribution in [1.29, 1.82) is 0 Å². The number of aromatic nitrogens is 1. The average Bonchev–Trinajstić information content (AvgIpc) is 2.59. The van der Waals surface area contributed by atoms with Gasteiger partial charge in [0.05, 0.1) is 35.2 Å². The molecular formula is C13H20N2O3S. The Morgan fingerprint density at radius 2 is 2.16 bits per heavy atom. The van der Waals surface area contributed by atoms with Crippen LogP contribution >= 0.6 is 0 Å². The fourth-order valence-corrected chi connectivity index (χ4v) is 3.46. The summed E-state index contributed by atoms with van der Waals surface area (Å²) in [6.07, 6.45) is 2.47. The Morgan fingerprint density at radius 3 is 2.79 bits per heavy atom. The third-order valence-electron chi connectivity index (χ3n) is 3.42. The van der Waals surface area contributed by atoms with Gasteiger partial charge in [0.2, 0.25) is 0 Å². The van der Waals surface area contributed by atoms with Crippen LogP contribution in [0.15, 0.2) is 18.3 Å². The first-order valence-electron chi connectivity index (χ1n) is 6.61. The van der Waals surface area contributed by atoms with Crippen molar-refractivity contribution >= 4 is 15.5 Å². The third kappa shape index (κ3) is 3.67. The third-order valence-corrected chi connectivity index (χ3v) is 5.13. The molecule has 106 valence electrons. The summed E-state index contributed by atoms with van der Waals surface area (Å²) in [5.41, 5.74) is 1.58. The summed E-state index contributed by atoms with van der Waals surface area (Å²) < 4.78 is 23.1. The van der Waals surface area contributed by atoms with Gasteiger partial charge in [0.15, 0.2) is 9.84 Å². The van der Waals surface area contributed by atoms with Crippen molar-refractivity contribution in [3.63, 3.8) is 0 Å². The van der Waals surface area contributed by atoms with E-state index in [1.165, 1.54) is 0 Å². The molecule has 0 aromatic carbocycles. The lowest BCUT2D eigenvalue weighted by Crippen LogP contribution is -2.26. The summed E-state index contributed by atoms with van der Waals surface area (Å²) in [6, 6.07) is 3.71. The lowest BCUT2D eigenvalue weighted by atomic mass is 10.2. The van der Waals surface area contributed by atoms with Crippen LogP contribution in [0.25, 0.3) is 0 Å². The number of hydrogen-bond acceptors (Lipinski definition) is 5. The van der Waals surface area contributed by atoms with E-state index >= 15 is 0 Å². The van der Waals surface area contributed by atoms with Gasteiger partial charge < -0.3 is 10.0 Å². The second-order valence-electron chi connectivity index (χ2n) is 4.86. The van der Waals surface area contributed by atoms with E-state index in [0.717, 1.165) is 12.2 Å². The molecular weight excluding hydrogens is 264 g/mol. The lowest BCUT2D eigenvalue weighted by molar-refractivity contribution is 0.169. The molecule has 19 heavy (non-hydrogen) atoms. The fraction of sp³-hybridized carbons (Fsp3) is 0.615. The molecule has 1 saturated heterocycles. The molecule has 2 heterocycles. The summed E-state index contributed by atoms with van der Waals surface area (Å²) in [7, 11) is -2.89. The van der Waals surface area contributed by atoms with Gasteiger partial charge in [-0.1, -0.05) is 6.92 Å². The number of nitrogens with zero attached hydrogens (tertiary/aromatic N) is 2. The van der Waals surface area contributed by atoms with E-state index in [2.05, 4.69) is 4.98 Å². The van der Waals surface area contributed by atoms with Gasteiger partial charge in [-0.25, -0.2) is 8.42 Å². The van der Waals surface area contributed by atoms with Crippen LogP contribution in [0.3, 0.4) is 0 Å². The van der Waals surface area contributed by atoms with Crippen molar-refractivity contribution in [3.8, 4) is 0 Å². The van der Waals surface area contributed by atoms with Crippen LogP contribution in [0.5, 0.6) is 0 Å². The first-order chi connectivity index (χ1) is 9.02. The van der Waals surface area contributed by atoms with E-state index in [9.17, 15) is 13.5 Å². The molecule has 0 bridgehead atoms. The zero-order valence-corrected chi connectivity index (χ0v) is 11.9. The zero-order valence-electron chi connectivity index (χ0n) is 11.1. The number of aliphatic hydroxyl groups is 1. The van der Waals surface area contributed by atoms with Crippen LogP contribution in [0, 0.1) is 0 Å². The highest BCUT2D eigenvalue weighted by Crippen LogP contribution is 2.20. The minimum atomic E-state index is -2.89. The quantitative estimate of drug-likeness (QED) is 0.901. The number of aliphatic hydroxyl groups excluding tert-OH is 1. The monoisotopic (exact) mass is 284 g/mol. The highest BCUT2D eigenvalue weighted by molar-refractivity contribution is 7.91. The average molecular weight is 284 g/mol. The van der Waals surface area contributed by atoms with Crippen molar-refractivity contribution in [2.24, 2.45) is 0 Å². The molecule has 0 aliphatic carbocycles. The van der Waals surface area contributed by atoms with Crippen molar-refractivity contribution in [1.82, 2.24) is 4.98 Å². The first-order valence-corrected chi connectivity index (χ1v) is 8.43. The molecule has 0 saturated carbocycles. The predicted molar refractivity (Wildman–Crippen MR) is 75.0 cm³/mol. The van der Waals surface area contributed by atoms with Crippen LogP contribution in [0.2, 0.25) is 0 Å². The molecule has 1 aliphatic heterocycles. The summed E-state index contributed by atoms with van der Waals surface area (Å²) in [6.45, 7) is 3.15. The Balaban J connectivity index is 2.10. The molecule has 2 rings (SSSR count). The number of anilines is 1. The maximum Gasteiger partial charge on any atom is 0.152 e. The molecule has 6 heteroatoms. The normalized spacial score (nSPS) is 20.8. The zero-order chi connectivity index (χ0) is 13.9. The summed E-state index contributed by atoms with van der Waals surface area (Å²) >= 11 is 0. The maximum atomic E-state index is 11.6. The Kier molecular flexibility index (Phi) is 4.42. The van der Waals surface area contributed by atoms with E-state index in [1.807, 2.05) is 24.0 Å². The minimum absolute atomic E-state index is 0.201. The predicted octanol–water partition coefficient (Wildman–Crippen LogP) is 1.15. The molecule has 0 spiro atoms. The topological polar surface area (TPSA) is 70.5 Å².